The van der Waals surface area contributed by atoms with Crippen molar-refractivity contribution in [3.63, 3.8) is 0 Å². The van der Waals surface area contributed by atoms with Gasteiger partial charge in [-0.2, -0.15) is 20.5 Å². The third kappa shape index (κ3) is 11.1. The van der Waals surface area contributed by atoms with Gasteiger partial charge in [-0.25, -0.2) is 4.79 Å². The second-order valence-corrected chi connectivity index (χ2v) is 12.0. The van der Waals surface area contributed by atoms with E-state index in [1.165, 1.54) is 31.4 Å². The van der Waals surface area contributed by atoms with Gasteiger partial charge in [0.15, 0.2) is 0 Å². The fourth-order valence-corrected chi connectivity index (χ4v) is 5.17. The molecule has 0 amide bonds. The summed E-state index contributed by atoms with van der Waals surface area (Å²) in [6.45, 7) is 8.97. The van der Waals surface area contributed by atoms with E-state index in [0.29, 0.717) is 35.1 Å². The van der Waals surface area contributed by atoms with Gasteiger partial charge in [0, 0.05) is 29.5 Å². The maximum absolute atomic E-state index is 11.8. The van der Waals surface area contributed by atoms with Gasteiger partial charge in [0.1, 0.15) is 5.75 Å². The molecule has 0 aliphatic carbocycles. The molecule has 262 valence electrons. The Balaban J connectivity index is 1.20. The van der Waals surface area contributed by atoms with E-state index in [2.05, 4.69) is 61.6 Å². The molecule has 5 rings (SSSR count). The summed E-state index contributed by atoms with van der Waals surface area (Å²) in [7, 11) is 0. The summed E-state index contributed by atoms with van der Waals surface area (Å²) in [5.74, 6) is 0.377. The quantitative estimate of drug-likeness (QED) is 0.0420. The van der Waals surface area contributed by atoms with Crippen molar-refractivity contribution in [3.8, 4) is 5.75 Å². The number of rotatable bonds is 17. The summed E-state index contributed by atoms with van der Waals surface area (Å²) in [5, 5.41) is 28.6. The van der Waals surface area contributed by atoms with E-state index >= 15 is 0 Å². The van der Waals surface area contributed by atoms with Crippen LogP contribution in [0.5, 0.6) is 5.75 Å². The first kappa shape index (κ1) is 36.5. The zero-order valence-electron chi connectivity index (χ0n) is 29.6. The molecule has 0 saturated carbocycles. The molecular weight excluding hydrogens is 638 g/mol. The molecule has 0 unspecified atom stereocenters. The van der Waals surface area contributed by atoms with Crippen LogP contribution in [0.3, 0.4) is 0 Å². The highest BCUT2D eigenvalue weighted by molar-refractivity contribution is 5.99. The number of anilines is 1. The van der Waals surface area contributed by atoms with Crippen LogP contribution in [0, 0.1) is 0 Å². The number of azo groups is 3. The predicted octanol–water partition coefficient (Wildman–Crippen LogP) is 13.8. The summed E-state index contributed by atoms with van der Waals surface area (Å²) in [5.41, 5.74) is 5.50. The van der Waals surface area contributed by atoms with E-state index in [1.807, 2.05) is 79.7 Å². The SMILES string of the molecule is CCCCOC(=O)Oc1ccc(N=Nc2ccc(N=Nc3ccc(N=Nc4ccc(N(CCCC)CCCC)cc4)cc3)c3ccccc23)cc1. The molecule has 0 aliphatic rings. The Morgan fingerprint density at radius 2 is 0.961 bits per heavy atom. The molecule has 10 nitrogen and oxygen atoms in total. The number of hydrogen-bond acceptors (Lipinski definition) is 10. The highest BCUT2D eigenvalue weighted by atomic mass is 16.7. The van der Waals surface area contributed by atoms with Crippen molar-refractivity contribution >= 4 is 56.7 Å². The summed E-state index contributed by atoms with van der Waals surface area (Å²) < 4.78 is 10.2. The highest BCUT2D eigenvalue weighted by Gasteiger charge is 2.08. The summed E-state index contributed by atoms with van der Waals surface area (Å²) in [6, 6.07) is 34.2. The van der Waals surface area contributed by atoms with Crippen molar-refractivity contribution in [2.75, 3.05) is 24.6 Å². The number of fused-ring (bicyclic) bond motifs is 1. The average molecular weight is 684 g/mol. The molecule has 0 aromatic heterocycles. The fraction of sp³-hybridized carbons (Fsp3) is 0.293. The first-order chi connectivity index (χ1) is 25.1. The molecule has 0 saturated heterocycles. The van der Waals surface area contributed by atoms with Crippen LogP contribution in [0.25, 0.3) is 10.8 Å². The lowest BCUT2D eigenvalue weighted by atomic mass is 10.1. The Labute approximate surface area is 300 Å². The van der Waals surface area contributed by atoms with Crippen molar-refractivity contribution in [2.24, 2.45) is 30.7 Å². The van der Waals surface area contributed by atoms with E-state index in [0.717, 1.165) is 48.1 Å². The van der Waals surface area contributed by atoms with Crippen LogP contribution in [-0.2, 0) is 4.74 Å². The summed E-state index contributed by atoms with van der Waals surface area (Å²) >= 11 is 0. The molecule has 0 fully saturated rings. The molecule has 10 heteroatoms. The smallest absolute Gasteiger partial charge is 0.434 e. The summed E-state index contributed by atoms with van der Waals surface area (Å²) in [6.07, 6.45) is 5.76. The van der Waals surface area contributed by atoms with Crippen LogP contribution in [0.2, 0.25) is 0 Å². The van der Waals surface area contributed by atoms with Crippen LogP contribution in [-0.4, -0.2) is 25.9 Å². The number of hydrogen-bond donors (Lipinski definition) is 0. The minimum atomic E-state index is -0.718. The third-order valence-corrected chi connectivity index (χ3v) is 8.09. The fourth-order valence-electron chi connectivity index (χ4n) is 5.17. The van der Waals surface area contributed by atoms with E-state index in [4.69, 9.17) is 9.47 Å². The van der Waals surface area contributed by atoms with Crippen LogP contribution >= 0.6 is 0 Å². The topological polar surface area (TPSA) is 113 Å². The average Bonchev–Trinajstić information content (AvgIpc) is 3.17. The number of ether oxygens (including phenoxy) is 2. The first-order valence-corrected chi connectivity index (χ1v) is 17.7. The molecule has 0 spiro atoms. The van der Waals surface area contributed by atoms with Crippen LogP contribution < -0.4 is 9.64 Å². The maximum atomic E-state index is 11.8. The minimum absolute atomic E-state index is 0.338. The number of carbonyl (C=O) groups excluding carboxylic acids is 1. The largest absolute Gasteiger partial charge is 0.513 e. The zero-order valence-corrected chi connectivity index (χ0v) is 29.6. The Bertz CT molecular complexity index is 1910. The van der Waals surface area contributed by atoms with Crippen molar-refractivity contribution in [1.29, 1.82) is 0 Å². The van der Waals surface area contributed by atoms with Crippen molar-refractivity contribution in [2.45, 2.75) is 59.3 Å². The molecule has 0 N–H and O–H groups in total. The Morgan fingerprint density at radius 1 is 0.529 bits per heavy atom. The molecule has 0 aliphatic heterocycles. The normalized spacial score (nSPS) is 11.6. The highest BCUT2D eigenvalue weighted by Crippen LogP contribution is 2.35. The Morgan fingerprint density at radius 3 is 1.43 bits per heavy atom. The van der Waals surface area contributed by atoms with Gasteiger partial charge in [-0.15, -0.1) is 10.2 Å². The van der Waals surface area contributed by atoms with Crippen molar-refractivity contribution in [1.82, 2.24) is 0 Å². The van der Waals surface area contributed by atoms with Gasteiger partial charge in [0.05, 0.1) is 40.7 Å². The monoisotopic (exact) mass is 683 g/mol. The molecule has 5 aromatic rings. The lowest BCUT2D eigenvalue weighted by molar-refractivity contribution is 0.0978. The lowest BCUT2D eigenvalue weighted by Gasteiger charge is -2.24. The molecule has 0 atom stereocenters. The minimum Gasteiger partial charge on any atom is -0.434 e. The lowest BCUT2D eigenvalue weighted by Crippen LogP contribution is -2.25. The summed E-state index contributed by atoms with van der Waals surface area (Å²) in [4.78, 5) is 14.3. The second-order valence-electron chi connectivity index (χ2n) is 12.0. The van der Waals surface area contributed by atoms with Gasteiger partial charge >= 0.3 is 6.16 Å². The van der Waals surface area contributed by atoms with Crippen LogP contribution in [0.1, 0.15) is 59.3 Å². The van der Waals surface area contributed by atoms with Gasteiger partial charge in [-0.05, 0) is 104 Å². The molecular formula is C41H45N7O3. The number of carbonyl (C=O) groups is 1. The van der Waals surface area contributed by atoms with E-state index in [-0.39, 0.29) is 0 Å². The van der Waals surface area contributed by atoms with Crippen molar-refractivity contribution < 1.29 is 14.3 Å². The van der Waals surface area contributed by atoms with Gasteiger partial charge in [0.25, 0.3) is 0 Å². The number of unbranched alkanes of at least 4 members (excludes halogenated alkanes) is 3. The van der Waals surface area contributed by atoms with Crippen LogP contribution in [0.15, 0.2) is 140 Å². The van der Waals surface area contributed by atoms with Gasteiger partial charge in [0.2, 0.25) is 0 Å². The van der Waals surface area contributed by atoms with Gasteiger partial charge in [-0.1, -0.05) is 64.3 Å². The van der Waals surface area contributed by atoms with E-state index < -0.39 is 6.16 Å². The van der Waals surface area contributed by atoms with E-state index in [9.17, 15) is 4.79 Å². The zero-order chi connectivity index (χ0) is 35.7. The van der Waals surface area contributed by atoms with E-state index in [1.54, 1.807) is 24.3 Å². The molecule has 5 aromatic carbocycles. The number of benzene rings is 5. The Hall–Kier alpha value is -5.77. The van der Waals surface area contributed by atoms with Gasteiger partial charge in [-0.3, -0.25) is 0 Å². The van der Waals surface area contributed by atoms with Gasteiger partial charge < -0.3 is 14.4 Å². The molecule has 0 heterocycles. The molecule has 0 radical (unpaired) electrons. The van der Waals surface area contributed by atoms with Crippen LogP contribution in [0.4, 0.5) is 44.6 Å². The Kier molecular flexibility index (Phi) is 13.9. The first-order valence-electron chi connectivity index (χ1n) is 17.7. The predicted molar refractivity (Wildman–Crippen MR) is 205 cm³/mol. The second kappa shape index (κ2) is 19.4. The third-order valence-electron chi connectivity index (χ3n) is 8.09. The standard InChI is InChI=1S/C41H45N7O3/c1-4-7-28-48(29-8-5-2)35-22-18-33(19-23-35)43-42-31-14-16-32(17-15-31)44-46-39-26-27-40(38-13-11-10-12-37(38)39)47-45-34-20-24-36(25-21-34)51-41(49)50-30-9-6-3/h10-27H,4-9,28-30H2,1-3H3. The molecule has 0 bridgehead atoms. The number of nitrogens with zero attached hydrogens (tertiary/aromatic N) is 7. The molecule has 51 heavy (non-hydrogen) atoms. The van der Waals surface area contributed by atoms with Crippen molar-refractivity contribution in [3.05, 3.63) is 109 Å². The maximum Gasteiger partial charge on any atom is 0.513 e.